The lowest BCUT2D eigenvalue weighted by Gasteiger charge is -2.37. The summed E-state index contributed by atoms with van der Waals surface area (Å²) in [4.78, 5) is 0. The smallest absolute Gasteiger partial charge is 0.0271 e. The molecule has 1 aliphatic carbocycles. The fraction of sp³-hybridized carbons (Fsp3) is 0.750. The van der Waals surface area contributed by atoms with Gasteiger partial charge in [0.1, 0.15) is 0 Å². The van der Waals surface area contributed by atoms with Gasteiger partial charge >= 0.3 is 0 Å². The maximum Gasteiger partial charge on any atom is 0.0271 e. The van der Waals surface area contributed by atoms with Crippen molar-refractivity contribution in [1.29, 1.82) is 0 Å². The highest BCUT2D eigenvalue weighted by atomic mass is 32.2. The second-order valence-corrected chi connectivity index (χ2v) is 9.88. The Morgan fingerprint density at radius 1 is 1.41 bits per heavy atom. The predicted octanol–water partition coefficient (Wildman–Crippen LogP) is 6.89. The van der Waals surface area contributed by atoms with Gasteiger partial charge in [-0.1, -0.05) is 62.8 Å². The summed E-state index contributed by atoms with van der Waals surface area (Å²) in [6.45, 7) is 13.6. The van der Waals surface area contributed by atoms with E-state index in [4.69, 9.17) is 12.6 Å². The van der Waals surface area contributed by atoms with Crippen LogP contribution in [0.1, 0.15) is 73.6 Å². The van der Waals surface area contributed by atoms with Crippen molar-refractivity contribution < 1.29 is 0 Å². The lowest BCUT2D eigenvalue weighted by atomic mass is 9.71. The van der Waals surface area contributed by atoms with Crippen LogP contribution >= 0.6 is 23.1 Å². The molecule has 0 aromatic heterocycles. The van der Waals surface area contributed by atoms with Crippen LogP contribution in [0.5, 0.6) is 0 Å². The van der Waals surface area contributed by atoms with Crippen LogP contribution in [0.2, 0.25) is 0 Å². The van der Waals surface area contributed by atoms with E-state index in [-0.39, 0.29) is 10.5 Å². The average Bonchev–Trinajstić information content (AvgIpc) is 2.35. The normalized spacial score (nSPS) is 21.0. The first-order valence-corrected chi connectivity index (χ1v) is 11.1. The average molecular weight is 343 g/mol. The molecule has 130 valence electrons. The summed E-state index contributed by atoms with van der Waals surface area (Å²) in [5.74, 6) is 5.17. The summed E-state index contributed by atoms with van der Waals surface area (Å²) in [7, 11) is 0.259. The van der Waals surface area contributed by atoms with E-state index in [0.717, 1.165) is 12.2 Å². The van der Waals surface area contributed by atoms with E-state index in [0.29, 0.717) is 10.7 Å². The highest BCUT2D eigenvalue weighted by molar-refractivity contribution is 8.13. The Labute approximate surface area is 148 Å². The lowest BCUT2D eigenvalue weighted by molar-refractivity contribution is 0.357. The highest BCUT2D eigenvalue weighted by Gasteiger charge is 2.31. The third-order valence-corrected chi connectivity index (χ3v) is 5.28. The monoisotopic (exact) mass is 342 g/mol. The largest absolute Gasteiger partial charge is 0.192 e. The summed E-state index contributed by atoms with van der Waals surface area (Å²) >= 11 is 4.92. The molecule has 2 atom stereocenters. The molecule has 1 rings (SSSR count). The van der Waals surface area contributed by atoms with Gasteiger partial charge in [-0.3, -0.25) is 0 Å². The summed E-state index contributed by atoms with van der Waals surface area (Å²) < 4.78 is 0. The second-order valence-electron chi connectivity index (χ2n) is 7.36. The Bertz CT molecular complexity index is 413. The molecule has 0 aliphatic heterocycles. The first-order chi connectivity index (χ1) is 10.2. The molecule has 0 bridgehead atoms. The van der Waals surface area contributed by atoms with Gasteiger partial charge in [-0.2, -0.15) is 23.1 Å². The molecule has 0 aromatic carbocycles. The Morgan fingerprint density at radius 2 is 1.95 bits per heavy atom. The summed E-state index contributed by atoms with van der Waals surface area (Å²) in [5, 5.41) is 0.384. The van der Waals surface area contributed by atoms with Crippen LogP contribution < -0.4 is 0 Å². The SMILES string of the molecule is C=S(C)C/C=C(\C)CC(S)C1=C(C)CCCC1(C)C.CCC. The van der Waals surface area contributed by atoms with E-state index >= 15 is 0 Å². The van der Waals surface area contributed by atoms with Gasteiger partial charge in [-0.25, -0.2) is 0 Å². The molecule has 0 amide bonds. The topological polar surface area (TPSA) is 0 Å². The molecule has 0 saturated carbocycles. The number of rotatable bonds is 5. The van der Waals surface area contributed by atoms with Gasteiger partial charge in [0.2, 0.25) is 0 Å². The fourth-order valence-electron chi connectivity index (χ4n) is 3.15. The van der Waals surface area contributed by atoms with Crippen molar-refractivity contribution in [2.75, 3.05) is 12.0 Å². The first kappa shape index (κ1) is 22.1. The molecule has 0 fully saturated rings. The van der Waals surface area contributed by atoms with Gasteiger partial charge in [0.05, 0.1) is 0 Å². The number of hydrogen-bond acceptors (Lipinski definition) is 1. The summed E-state index contributed by atoms with van der Waals surface area (Å²) in [6.07, 6.45) is 10.8. The summed E-state index contributed by atoms with van der Waals surface area (Å²) in [5.41, 5.74) is 4.97. The molecule has 0 N–H and O–H groups in total. The minimum absolute atomic E-state index is 0.259. The first-order valence-electron chi connectivity index (χ1n) is 8.61. The van der Waals surface area contributed by atoms with Crippen LogP contribution in [0, 0.1) is 5.41 Å². The van der Waals surface area contributed by atoms with Crippen LogP contribution in [-0.4, -0.2) is 23.1 Å². The Kier molecular flexibility index (Phi) is 10.8. The van der Waals surface area contributed by atoms with E-state index in [1.54, 1.807) is 11.1 Å². The molecule has 2 unspecified atom stereocenters. The third kappa shape index (κ3) is 8.06. The van der Waals surface area contributed by atoms with Crippen molar-refractivity contribution in [3.63, 3.8) is 0 Å². The number of thiol groups is 1. The summed E-state index contributed by atoms with van der Waals surface area (Å²) in [6, 6.07) is 0. The Morgan fingerprint density at radius 3 is 2.41 bits per heavy atom. The Hall–Kier alpha value is 0.0500. The molecule has 2 heteroatoms. The van der Waals surface area contributed by atoms with Crippen LogP contribution in [0.25, 0.3) is 0 Å². The standard InChI is InChI=1S/C17H30S2.C3H8/c1-13(9-11-19(5)6)12-15(18)16-14(2)8-7-10-17(16,3)4;1-3-2/h9,15,18H,5,7-8,10-12H2,1-4,6H3;3H2,1-2H3/b13-9+;. The van der Waals surface area contributed by atoms with E-state index in [2.05, 4.69) is 59.7 Å². The maximum atomic E-state index is 4.92. The van der Waals surface area contributed by atoms with Gasteiger partial charge in [0.25, 0.3) is 0 Å². The van der Waals surface area contributed by atoms with Gasteiger partial charge in [0, 0.05) is 11.0 Å². The van der Waals surface area contributed by atoms with Crippen LogP contribution in [0.3, 0.4) is 0 Å². The molecule has 0 nitrogen and oxygen atoms in total. The van der Waals surface area contributed by atoms with Crippen molar-refractivity contribution in [3.05, 3.63) is 22.8 Å². The molecule has 0 spiro atoms. The van der Waals surface area contributed by atoms with Gasteiger partial charge in [-0.15, -0.1) is 0 Å². The molecule has 0 heterocycles. The number of allylic oxidation sites excluding steroid dienone is 2. The molecule has 22 heavy (non-hydrogen) atoms. The zero-order valence-corrected chi connectivity index (χ0v) is 17.7. The minimum atomic E-state index is 0.259. The van der Waals surface area contributed by atoms with E-state index in [1.807, 2.05) is 0 Å². The van der Waals surface area contributed by atoms with Crippen molar-refractivity contribution in [1.82, 2.24) is 0 Å². The van der Waals surface area contributed by atoms with Gasteiger partial charge in [0.15, 0.2) is 0 Å². The predicted molar refractivity (Wildman–Crippen MR) is 113 cm³/mol. The molecule has 0 aromatic rings. The van der Waals surface area contributed by atoms with Crippen LogP contribution in [0.4, 0.5) is 0 Å². The zero-order chi connectivity index (χ0) is 17.3. The minimum Gasteiger partial charge on any atom is -0.192 e. The van der Waals surface area contributed by atoms with E-state index in [9.17, 15) is 0 Å². The second kappa shape index (κ2) is 10.8. The van der Waals surface area contributed by atoms with Crippen LogP contribution in [-0.2, 0) is 0 Å². The van der Waals surface area contributed by atoms with Crippen molar-refractivity contribution in [2.45, 2.75) is 78.9 Å². The molecular weight excluding hydrogens is 304 g/mol. The maximum absolute atomic E-state index is 4.92. The van der Waals surface area contributed by atoms with Gasteiger partial charge in [-0.05, 0) is 51.2 Å². The number of hydrogen-bond donors (Lipinski definition) is 1. The van der Waals surface area contributed by atoms with E-state index < -0.39 is 0 Å². The fourth-order valence-corrected chi connectivity index (χ4v) is 4.58. The quantitative estimate of drug-likeness (QED) is 0.314. The molecule has 1 aliphatic rings. The molecular formula is C20H38S2. The lowest BCUT2D eigenvalue weighted by Crippen LogP contribution is -2.26. The van der Waals surface area contributed by atoms with Crippen LogP contribution in [0.15, 0.2) is 22.8 Å². The third-order valence-electron chi connectivity index (χ3n) is 4.11. The van der Waals surface area contributed by atoms with Gasteiger partial charge < -0.3 is 0 Å². The molecule has 0 radical (unpaired) electrons. The highest BCUT2D eigenvalue weighted by Crippen LogP contribution is 2.44. The Balaban J connectivity index is 0.00000135. The zero-order valence-electron chi connectivity index (χ0n) is 16.0. The van der Waals surface area contributed by atoms with Crippen molar-refractivity contribution >= 4 is 29.0 Å². The molecule has 0 saturated heterocycles. The van der Waals surface area contributed by atoms with Crippen molar-refractivity contribution in [2.24, 2.45) is 5.41 Å². The van der Waals surface area contributed by atoms with Crippen molar-refractivity contribution in [3.8, 4) is 0 Å². The van der Waals surface area contributed by atoms with E-state index in [1.165, 1.54) is 31.3 Å².